The van der Waals surface area contributed by atoms with Crippen molar-refractivity contribution in [3.8, 4) is 11.5 Å². The molecule has 0 unspecified atom stereocenters. The SMILES string of the molecule is CCCCOc1ccc(C(=O)Nc2ccc(C(=O)NCC(=O)OC)cc2)cc1OC. The van der Waals surface area contributed by atoms with Crippen LogP contribution in [0.3, 0.4) is 0 Å². The number of hydrogen-bond acceptors (Lipinski definition) is 6. The van der Waals surface area contributed by atoms with E-state index >= 15 is 0 Å². The molecule has 2 rings (SSSR count). The van der Waals surface area contributed by atoms with Gasteiger partial charge in [0.15, 0.2) is 11.5 Å². The molecular formula is C22H26N2O6. The third-order valence-electron chi connectivity index (χ3n) is 4.21. The van der Waals surface area contributed by atoms with Crippen LogP contribution in [0, 0.1) is 0 Å². The summed E-state index contributed by atoms with van der Waals surface area (Å²) in [7, 11) is 2.77. The van der Waals surface area contributed by atoms with Gasteiger partial charge < -0.3 is 24.8 Å². The summed E-state index contributed by atoms with van der Waals surface area (Å²) in [5.74, 6) is -0.205. The minimum Gasteiger partial charge on any atom is -0.493 e. The van der Waals surface area contributed by atoms with Crippen molar-refractivity contribution in [2.75, 3.05) is 32.7 Å². The molecule has 0 saturated heterocycles. The zero-order chi connectivity index (χ0) is 21.9. The van der Waals surface area contributed by atoms with Crippen LogP contribution in [0.2, 0.25) is 0 Å². The molecule has 0 aliphatic rings. The van der Waals surface area contributed by atoms with Crippen LogP contribution in [0.15, 0.2) is 42.5 Å². The van der Waals surface area contributed by atoms with Gasteiger partial charge in [0, 0.05) is 16.8 Å². The quantitative estimate of drug-likeness (QED) is 0.458. The van der Waals surface area contributed by atoms with Gasteiger partial charge in [0.1, 0.15) is 6.54 Å². The Labute approximate surface area is 175 Å². The predicted molar refractivity (Wildman–Crippen MR) is 112 cm³/mol. The van der Waals surface area contributed by atoms with Gasteiger partial charge in [0.25, 0.3) is 11.8 Å². The van der Waals surface area contributed by atoms with E-state index in [1.807, 2.05) is 0 Å². The summed E-state index contributed by atoms with van der Waals surface area (Å²) in [5, 5.41) is 5.21. The van der Waals surface area contributed by atoms with Crippen LogP contribution >= 0.6 is 0 Å². The van der Waals surface area contributed by atoms with Crippen LogP contribution in [-0.4, -0.2) is 45.2 Å². The number of unbranched alkanes of at least 4 members (excludes halogenated alkanes) is 1. The number of benzene rings is 2. The number of rotatable bonds is 10. The summed E-state index contributed by atoms with van der Waals surface area (Å²) in [6, 6.07) is 11.3. The Balaban J connectivity index is 2.00. The number of carbonyl (C=O) groups excluding carboxylic acids is 3. The molecule has 2 aromatic carbocycles. The fraction of sp³-hybridized carbons (Fsp3) is 0.318. The summed E-state index contributed by atoms with van der Waals surface area (Å²) in [5.41, 5.74) is 1.29. The lowest BCUT2D eigenvalue weighted by atomic mass is 10.1. The van der Waals surface area contributed by atoms with E-state index in [2.05, 4.69) is 22.3 Å². The summed E-state index contributed by atoms with van der Waals surface area (Å²) < 4.78 is 15.5. The van der Waals surface area contributed by atoms with Crippen molar-refractivity contribution in [1.29, 1.82) is 0 Å². The number of nitrogens with one attached hydrogen (secondary N) is 2. The number of anilines is 1. The van der Waals surface area contributed by atoms with Gasteiger partial charge in [0.05, 0.1) is 20.8 Å². The highest BCUT2D eigenvalue weighted by Crippen LogP contribution is 2.28. The Hall–Kier alpha value is -3.55. The number of amides is 2. The van der Waals surface area contributed by atoms with E-state index < -0.39 is 11.9 Å². The maximum absolute atomic E-state index is 12.5. The van der Waals surface area contributed by atoms with Gasteiger partial charge in [-0.2, -0.15) is 0 Å². The Morgan fingerprint density at radius 3 is 2.23 bits per heavy atom. The minimum atomic E-state index is -0.538. The van der Waals surface area contributed by atoms with Crippen molar-refractivity contribution < 1.29 is 28.6 Å². The largest absolute Gasteiger partial charge is 0.493 e. The monoisotopic (exact) mass is 414 g/mol. The number of carbonyl (C=O) groups is 3. The van der Waals surface area contributed by atoms with Crippen LogP contribution in [0.4, 0.5) is 5.69 Å². The molecule has 0 spiro atoms. The van der Waals surface area contributed by atoms with Crippen LogP contribution in [-0.2, 0) is 9.53 Å². The summed E-state index contributed by atoms with van der Waals surface area (Å²) in [4.78, 5) is 35.6. The third-order valence-corrected chi connectivity index (χ3v) is 4.21. The molecule has 2 aromatic rings. The summed E-state index contributed by atoms with van der Waals surface area (Å²) in [6.45, 7) is 2.45. The number of methoxy groups -OCH3 is 2. The van der Waals surface area contributed by atoms with Crippen molar-refractivity contribution in [2.45, 2.75) is 19.8 Å². The highest BCUT2D eigenvalue weighted by atomic mass is 16.5. The standard InChI is InChI=1S/C22H26N2O6/c1-4-5-12-30-18-11-8-16(13-19(18)28-2)22(27)24-17-9-6-15(7-10-17)21(26)23-14-20(25)29-3/h6-11,13H,4-5,12,14H2,1-3H3,(H,23,26)(H,24,27). The van der Waals surface area contributed by atoms with Crippen LogP contribution < -0.4 is 20.1 Å². The molecule has 0 aromatic heterocycles. The molecule has 0 radical (unpaired) electrons. The maximum Gasteiger partial charge on any atom is 0.325 e. The molecule has 2 N–H and O–H groups in total. The van der Waals surface area contributed by atoms with Gasteiger partial charge in [-0.25, -0.2) is 0 Å². The van der Waals surface area contributed by atoms with Crippen molar-refractivity contribution in [1.82, 2.24) is 5.32 Å². The Bertz CT molecular complexity index is 880. The molecule has 0 aliphatic heterocycles. The Kier molecular flexibility index (Phi) is 8.68. The van der Waals surface area contributed by atoms with E-state index in [1.165, 1.54) is 14.2 Å². The summed E-state index contributed by atoms with van der Waals surface area (Å²) in [6.07, 6.45) is 1.95. The predicted octanol–water partition coefficient (Wildman–Crippen LogP) is 3.03. The van der Waals surface area contributed by atoms with E-state index in [9.17, 15) is 14.4 Å². The number of hydrogen-bond donors (Lipinski definition) is 2. The molecule has 8 nitrogen and oxygen atoms in total. The van der Waals surface area contributed by atoms with Crippen molar-refractivity contribution in [2.24, 2.45) is 0 Å². The molecule has 2 amide bonds. The summed E-state index contributed by atoms with van der Waals surface area (Å²) >= 11 is 0. The van der Waals surface area contributed by atoms with E-state index in [1.54, 1.807) is 42.5 Å². The first-order valence-corrected chi connectivity index (χ1v) is 9.55. The van der Waals surface area contributed by atoms with Gasteiger partial charge in [-0.1, -0.05) is 13.3 Å². The maximum atomic E-state index is 12.5. The van der Waals surface area contributed by atoms with Crippen molar-refractivity contribution in [3.05, 3.63) is 53.6 Å². The number of ether oxygens (including phenoxy) is 3. The lowest BCUT2D eigenvalue weighted by Gasteiger charge is -2.12. The van der Waals surface area contributed by atoms with Crippen LogP contribution in [0.25, 0.3) is 0 Å². The molecule has 0 saturated carbocycles. The molecule has 0 atom stereocenters. The first kappa shape index (κ1) is 22.7. The highest BCUT2D eigenvalue weighted by molar-refractivity contribution is 6.05. The Morgan fingerprint density at radius 2 is 1.60 bits per heavy atom. The number of esters is 1. The van der Waals surface area contributed by atoms with Gasteiger partial charge in [-0.3, -0.25) is 14.4 Å². The topological polar surface area (TPSA) is 103 Å². The molecule has 30 heavy (non-hydrogen) atoms. The van der Waals surface area contributed by atoms with Gasteiger partial charge in [-0.15, -0.1) is 0 Å². The first-order valence-electron chi connectivity index (χ1n) is 9.55. The average molecular weight is 414 g/mol. The minimum absolute atomic E-state index is 0.214. The van der Waals surface area contributed by atoms with E-state index in [0.717, 1.165) is 12.8 Å². The molecule has 0 heterocycles. The zero-order valence-electron chi connectivity index (χ0n) is 17.3. The van der Waals surface area contributed by atoms with E-state index in [0.29, 0.717) is 34.9 Å². The van der Waals surface area contributed by atoms with Gasteiger partial charge >= 0.3 is 5.97 Å². The van der Waals surface area contributed by atoms with Gasteiger partial charge in [-0.05, 0) is 48.9 Å². The zero-order valence-corrected chi connectivity index (χ0v) is 17.3. The third kappa shape index (κ3) is 6.51. The lowest BCUT2D eigenvalue weighted by Crippen LogP contribution is -2.30. The highest BCUT2D eigenvalue weighted by Gasteiger charge is 2.13. The molecular weight excluding hydrogens is 388 g/mol. The normalized spacial score (nSPS) is 10.1. The van der Waals surface area contributed by atoms with E-state index in [-0.39, 0.29) is 12.5 Å². The first-order chi connectivity index (χ1) is 14.5. The Morgan fingerprint density at radius 1 is 0.900 bits per heavy atom. The smallest absolute Gasteiger partial charge is 0.325 e. The van der Waals surface area contributed by atoms with Crippen molar-refractivity contribution >= 4 is 23.5 Å². The van der Waals surface area contributed by atoms with Crippen molar-refractivity contribution in [3.63, 3.8) is 0 Å². The molecule has 0 bridgehead atoms. The van der Waals surface area contributed by atoms with Crippen LogP contribution in [0.1, 0.15) is 40.5 Å². The van der Waals surface area contributed by atoms with E-state index in [4.69, 9.17) is 9.47 Å². The molecule has 8 heteroatoms. The lowest BCUT2D eigenvalue weighted by molar-refractivity contribution is -0.139. The van der Waals surface area contributed by atoms with Crippen LogP contribution in [0.5, 0.6) is 11.5 Å². The molecule has 0 aliphatic carbocycles. The second kappa shape index (κ2) is 11.5. The average Bonchev–Trinajstić information content (AvgIpc) is 2.77. The fourth-order valence-electron chi connectivity index (χ4n) is 2.49. The fourth-order valence-corrected chi connectivity index (χ4v) is 2.49. The second-order valence-electron chi connectivity index (χ2n) is 6.36. The van der Waals surface area contributed by atoms with Gasteiger partial charge in [0.2, 0.25) is 0 Å². The second-order valence-corrected chi connectivity index (χ2v) is 6.36. The molecule has 160 valence electrons. The molecule has 0 fully saturated rings.